The predicted molar refractivity (Wildman–Crippen MR) is 227 cm³/mol. The van der Waals surface area contributed by atoms with E-state index in [-0.39, 0.29) is 46.5 Å². The number of fused-ring (bicyclic) bond motifs is 3. The molecule has 0 radical (unpaired) electrons. The molecule has 0 spiro atoms. The maximum absolute atomic E-state index is 3.23. The summed E-state index contributed by atoms with van der Waals surface area (Å²) in [7, 11) is 0. The number of halogens is 2. The van der Waals surface area contributed by atoms with Crippen molar-refractivity contribution in [2.24, 2.45) is 10.8 Å². The van der Waals surface area contributed by atoms with Gasteiger partial charge in [0.15, 0.2) is 0 Å². The molecule has 0 bridgehead atoms. The monoisotopic (exact) mass is 848 g/mol. The molecule has 4 atom stereocenters. The Morgan fingerprint density at radius 2 is 0.782 bits per heavy atom. The van der Waals surface area contributed by atoms with Crippen molar-refractivity contribution >= 4 is 12.2 Å². The first-order valence-corrected chi connectivity index (χ1v) is 26.4. The molecular formula is C52H64Cl2Zr. The summed E-state index contributed by atoms with van der Waals surface area (Å²) in [6.45, 7) is 29.0. The second-order valence-corrected chi connectivity index (χ2v) is 32.7. The van der Waals surface area contributed by atoms with E-state index in [1.807, 2.05) is 0 Å². The van der Waals surface area contributed by atoms with E-state index in [1.165, 1.54) is 70.2 Å². The van der Waals surface area contributed by atoms with Crippen molar-refractivity contribution in [3.8, 4) is 22.3 Å². The molecule has 0 nitrogen and oxygen atoms in total. The van der Waals surface area contributed by atoms with Gasteiger partial charge in [0.2, 0.25) is 0 Å². The summed E-state index contributed by atoms with van der Waals surface area (Å²) in [5.74, 6) is 0. The van der Waals surface area contributed by atoms with E-state index in [0.29, 0.717) is 7.25 Å². The van der Waals surface area contributed by atoms with Gasteiger partial charge in [-0.05, 0) is 0 Å². The van der Waals surface area contributed by atoms with E-state index in [2.05, 4.69) is 180 Å². The van der Waals surface area contributed by atoms with Crippen molar-refractivity contribution in [1.82, 2.24) is 0 Å². The molecule has 290 valence electrons. The van der Waals surface area contributed by atoms with Crippen LogP contribution in [0.4, 0.5) is 0 Å². The zero-order valence-electron chi connectivity index (χ0n) is 35.6. The maximum atomic E-state index is 2.72. The molecule has 4 aromatic carbocycles. The summed E-state index contributed by atoms with van der Waals surface area (Å²) in [5, 5.41) is 0. The van der Waals surface area contributed by atoms with Crippen LogP contribution in [0.1, 0.15) is 149 Å². The van der Waals surface area contributed by atoms with Gasteiger partial charge < -0.3 is 24.8 Å². The number of rotatable bonds is 4. The van der Waals surface area contributed by atoms with Gasteiger partial charge in [-0.1, -0.05) is 0 Å². The second kappa shape index (κ2) is 14.6. The van der Waals surface area contributed by atoms with Crippen LogP contribution in [0.3, 0.4) is 0 Å². The van der Waals surface area contributed by atoms with Crippen LogP contribution in [0.5, 0.6) is 0 Å². The van der Waals surface area contributed by atoms with E-state index in [0.717, 1.165) is 7.25 Å². The Bertz CT molecular complexity index is 1970. The summed E-state index contributed by atoms with van der Waals surface area (Å²) in [6, 6.07) is 33.9. The maximum Gasteiger partial charge on any atom is -1.00 e. The smallest absolute Gasteiger partial charge is 1.00 e. The van der Waals surface area contributed by atoms with Gasteiger partial charge in [-0.25, -0.2) is 0 Å². The van der Waals surface area contributed by atoms with Crippen LogP contribution >= 0.6 is 0 Å². The molecule has 4 aliphatic rings. The summed E-state index contributed by atoms with van der Waals surface area (Å²) < 4.78 is 3.12. The Morgan fingerprint density at radius 1 is 0.436 bits per heavy atom. The van der Waals surface area contributed by atoms with E-state index in [9.17, 15) is 0 Å². The Kier molecular flexibility index (Phi) is 11.2. The van der Waals surface area contributed by atoms with Gasteiger partial charge in [-0.2, -0.15) is 0 Å². The van der Waals surface area contributed by atoms with E-state index >= 15 is 0 Å². The molecule has 3 heteroatoms. The van der Waals surface area contributed by atoms with Crippen LogP contribution in [0.2, 0.25) is 7.25 Å². The minimum Gasteiger partial charge on any atom is -1.00 e. The quantitative estimate of drug-likeness (QED) is 0.192. The molecule has 1 saturated heterocycles. The molecule has 4 aromatic rings. The number of hydrogen-bond donors (Lipinski definition) is 0. The minimum atomic E-state index is -3.23. The van der Waals surface area contributed by atoms with E-state index in [1.54, 1.807) is 22.3 Å². The predicted octanol–water partition coefficient (Wildman–Crippen LogP) is 9.61. The molecule has 0 N–H and O–H groups in total. The molecule has 0 aromatic heterocycles. The van der Waals surface area contributed by atoms with Crippen LogP contribution in [-0.2, 0) is 31.1 Å². The zero-order chi connectivity index (χ0) is 37.9. The zero-order valence-corrected chi connectivity index (χ0v) is 39.6. The molecule has 55 heavy (non-hydrogen) atoms. The third-order valence-electron chi connectivity index (χ3n) is 13.9. The third-order valence-corrected chi connectivity index (χ3v) is 30.7. The Morgan fingerprint density at radius 3 is 1.09 bits per heavy atom. The molecule has 1 heterocycles. The average molecular weight is 851 g/mol. The van der Waals surface area contributed by atoms with Gasteiger partial charge in [-0.3, -0.25) is 0 Å². The second-order valence-electron chi connectivity index (χ2n) is 21.3. The largest absolute Gasteiger partial charge is 1.00 e. The van der Waals surface area contributed by atoms with Crippen molar-refractivity contribution in [3.05, 3.63) is 129 Å². The van der Waals surface area contributed by atoms with Crippen LogP contribution < -0.4 is 24.8 Å². The molecule has 3 aliphatic carbocycles. The van der Waals surface area contributed by atoms with Crippen molar-refractivity contribution in [3.63, 3.8) is 0 Å². The van der Waals surface area contributed by atoms with Crippen LogP contribution in [0, 0.1) is 10.8 Å². The summed E-state index contributed by atoms with van der Waals surface area (Å²) >= 11 is -3.23. The normalized spacial score (nSPS) is 23.3. The van der Waals surface area contributed by atoms with Gasteiger partial charge >= 0.3 is 329 Å². The molecule has 8 rings (SSSR count). The Balaban J connectivity index is 0.00000257. The van der Waals surface area contributed by atoms with Crippen molar-refractivity contribution in [1.29, 1.82) is 0 Å². The van der Waals surface area contributed by atoms with Gasteiger partial charge in [-0.15, -0.1) is 0 Å². The average Bonchev–Trinajstić information content (AvgIpc) is 3.35. The summed E-state index contributed by atoms with van der Waals surface area (Å²) in [4.78, 5) is 0. The fourth-order valence-electron chi connectivity index (χ4n) is 11.2. The molecule has 0 amide bonds. The van der Waals surface area contributed by atoms with Crippen LogP contribution in [-0.4, -0.2) is 0 Å². The van der Waals surface area contributed by atoms with Crippen molar-refractivity contribution in [2.45, 2.75) is 134 Å². The Labute approximate surface area is 351 Å². The number of hydrogen-bond acceptors (Lipinski definition) is 0. The third kappa shape index (κ3) is 7.08. The fourth-order valence-corrected chi connectivity index (χ4v) is 35.3. The summed E-state index contributed by atoms with van der Waals surface area (Å²) in [6.07, 6.45) is 11.2. The molecule has 4 unspecified atom stereocenters. The summed E-state index contributed by atoms with van der Waals surface area (Å²) in [5.41, 5.74) is 18.8. The number of allylic oxidation sites excluding steroid dienone is 2. The van der Waals surface area contributed by atoms with Gasteiger partial charge in [0.25, 0.3) is 0 Å². The number of benzene rings is 4. The molecular weight excluding hydrogens is 787 g/mol. The minimum absolute atomic E-state index is 0. The molecule has 1 aliphatic heterocycles. The van der Waals surface area contributed by atoms with Crippen molar-refractivity contribution in [2.75, 3.05) is 0 Å². The van der Waals surface area contributed by atoms with E-state index in [4.69, 9.17) is 0 Å². The van der Waals surface area contributed by atoms with Crippen LogP contribution in [0.15, 0.2) is 96.1 Å². The van der Waals surface area contributed by atoms with Gasteiger partial charge in [0.1, 0.15) is 0 Å². The van der Waals surface area contributed by atoms with Gasteiger partial charge in [0, 0.05) is 0 Å². The topological polar surface area (TPSA) is 0 Å². The Hall–Kier alpha value is -2.18. The molecule has 2 fully saturated rings. The standard InChI is InChI=1S/2C23H27.C6H10.2ClH.Zr/c2*1-22(2,3)18-12-10-16(11-13-18)20-9-7-8-17-14-19(15-21(17)20)23(4,5)6;1-2-4-6-5-3-1;;;/h2*7-15H,1-6H3;1-2H,3-6H2;2*1H;/q;;;;;+2/p-2. The first-order valence-electron chi connectivity index (χ1n) is 20.7. The first kappa shape index (κ1) is 42.4. The van der Waals surface area contributed by atoms with Crippen molar-refractivity contribution < 1.29 is 45.1 Å². The van der Waals surface area contributed by atoms with E-state index < -0.39 is 20.3 Å². The van der Waals surface area contributed by atoms with Gasteiger partial charge in [0.05, 0.1) is 0 Å². The fraction of sp³-hybridized carbons (Fsp3) is 0.462. The first-order chi connectivity index (χ1) is 24.8. The molecule has 1 saturated carbocycles. The SMILES string of the molecule is CC(C)(C)C1=Cc2c(-c3ccc(C(C)(C)C)cc3)cccc2[CH]1[Zr+2]1([CH]2C(C(C)(C)C)=Cc3c(-c4ccc(C(C)(C)C)cc4)cccc32)[CH]2CCCC[CH]21.[Cl-].[Cl-]. The van der Waals surface area contributed by atoms with Crippen LogP contribution in [0.25, 0.3) is 34.4 Å².